The molecule has 0 aromatic heterocycles. The molecule has 18 heavy (non-hydrogen) atoms. The van der Waals surface area contributed by atoms with E-state index in [0.29, 0.717) is 0 Å². The van der Waals surface area contributed by atoms with Gasteiger partial charge in [0.1, 0.15) is 11.3 Å². The molecule has 1 radical (unpaired) electrons. The van der Waals surface area contributed by atoms with Crippen molar-refractivity contribution in [2.45, 2.75) is 18.9 Å². The van der Waals surface area contributed by atoms with Gasteiger partial charge in [0.2, 0.25) is 0 Å². The predicted octanol–water partition coefficient (Wildman–Crippen LogP) is 0.215. The second-order valence-electron chi connectivity index (χ2n) is 3.97. The number of hydrogen-bond donors (Lipinski definition) is 3. The van der Waals surface area contributed by atoms with Gasteiger partial charge in [-0.25, -0.2) is 4.39 Å². The Morgan fingerprint density at radius 2 is 2.11 bits per heavy atom. The lowest BCUT2D eigenvalue weighted by molar-refractivity contribution is -0.142. The van der Waals surface area contributed by atoms with Crippen LogP contribution in [0.2, 0.25) is 0 Å². The molecule has 1 atom stereocenters. The van der Waals surface area contributed by atoms with E-state index in [1.807, 2.05) is 0 Å². The number of aliphatic carboxylic acids is 1. The van der Waals surface area contributed by atoms with E-state index in [4.69, 9.17) is 15.9 Å². The number of hydrogen-bond acceptors (Lipinski definition) is 4. The number of carbonyl (C=O) groups is 1. The zero-order valence-electron chi connectivity index (χ0n) is 9.48. The van der Waals surface area contributed by atoms with E-state index >= 15 is 0 Å². The van der Waals surface area contributed by atoms with Gasteiger partial charge in [-0.05, 0) is 18.6 Å². The first-order valence-electron chi connectivity index (χ1n) is 4.91. The molecule has 97 valence electrons. The van der Waals surface area contributed by atoms with Crippen molar-refractivity contribution >= 4 is 13.7 Å². The molecule has 1 aromatic carbocycles. The molecular weight excluding hydrogens is 247 g/mol. The Labute approximate surface area is 102 Å². The summed E-state index contributed by atoms with van der Waals surface area (Å²) in [4.78, 5) is 10.8. The first kappa shape index (κ1) is 14.4. The van der Waals surface area contributed by atoms with Gasteiger partial charge in [0.15, 0.2) is 11.6 Å². The van der Waals surface area contributed by atoms with Crippen molar-refractivity contribution in [3.05, 3.63) is 29.3 Å². The van der Waals surface area contributed by atoms with Gasteiger partial charge < -0.3 is 20.5 Å². The summed E-state index contributed by atoms with van der Waals surface area (Å²) in [6, 6.07) is 2.21. The first-order chi connectivity index (χ1) is 8.29. The summed E-state index contributed by atoms with van der Waals surface area (Å²) >= 11 is 0. The van der Waals surface area contributed by atoms with Gasteiger partial charge in [-0.15, -0.1) is 0 Å². The Morgan fingerprint density at radius 1 is 1.50 bits per heavy atom. The van der Waals surface area contributed by atoms with E-state index in [1.54, 1.807) is 0 Å². The molecule has 0 saturated carbocycles. The molecule has 8 heteroatoms. The number of rotatable bonds is 5. The minimum atomic E-state index is -1.71. The Kier molecular flexibility index (Phi) is 4.26. The van der Waals surface area contributed by atoms with Crippen LogP contribution in [-0.2, 0) is 11.2 Å². The lowest BCUT2D eigenvalue weighted by Crippen LogP contribution is -2.47. The van der Waals surface area contributed by atoms with Crippen LogP contribution >= 0.6 is 0 Å². The molecule has 0 fully saturated rings. The van der Waals surface area contributed by atoms with Gasteiger partial charge in [0, 0.05) is 6.42 Å². The van der Waals surface area contributed by atoms with E-state index in [-0.39, 0.29) is 19.7 Å². The van der Waals surface area contributed by atoms with Crippen LogP contribution in [0.4, 0.5) is 8.78 Å². The largest absolute Gasteiger partial charge is 0.569 e. The molecule has 0 aliphatic carbocycles. The molecule has 0 amide bonds. The van der Waals surface area contributed by atoms with Gasteiger partial charge in [0.25, 0.3) is 0 Å². The third-order valence-corrected chi connectivity index (χ3v) is 2.35. The van der Waals surface area contributed by atoms with Crippen molar-refractivity contribution in [2.75, 3.05) is 0 Å². The average Bonchev–Trinajstić information content (AvgIpc) is 2.28. The van der Waals surface area contributed by atoms with Gasteiger partial charge in [-0.2, -0.15) is 4.39 Å². The highest BCUT2D eigenvalue weighted by molar-refractivity contribution is 6.17. The smallest absolute Gasteiger partial charge is 0.535 e. The minimum absolute atomic E-state index is 0.190. The highest BCUT2D eigenvalue weighted by Crippen LogP contribution is 2.24. The number of carboxylic acids is 1. The third-order valence-electron chi connectivity index (χ3n) is 2.35. The van der Waals surface area contributed by atoms with Crippen LogP contribution in [0, 0.1) is 11.6 Å². The number of carboxylic acid groups (broad SMARTS) is 1. The van der Waals surface area contributed by atoms with Gasteiger partial charge in [0.05, 0.1) is 0 Å². The summed E-state index contributed by atoms with van der Waals surface area (Å²) in [7, 11) is 0.210. The summed E-state index contributed by atoms with van der Waals surface area (Å²) in [5.41, 5.74) is 3.54. The van der Waals surface area contributed by atoms with Crippen molar-refractivity contribution in [3.63, 3.8) is 0 Å². The van der Waals surface area contributed by atoms with E-state index in [0.717, 1.165) is 12.1 Å². The van der Waals surface area contributed by atoms with Gasteiger partial charge in [-0.1, -0.05) is 6.07 Å². The van der Waals surface area contributed by atoms with Crippen LogP contribution in [0.5, 0.6) is 5.75 Å². The SMILES string of the molecule is C[C@](N)(Cc1ccc(O[B]O)c(F)c1F)C(=O)O. The van der Waals surface area contributed by atoms with Crippen LogP contribution < -0.4 is 10.4 Å². The molecule has 0 aliphatic heterocycles. The standard InChI is InChI=1S/C10H11BF2NO4/c1-10(14,9(15)16)4-5-2-3-6(18-11-17)8(13)7(5)12/h2-3,17H,4,14H2,1H3,(H,15,16)/t10-/m0/s1. The maximum absolute atomic E-state index is 13.6. The Hall–Kier alpha value is -1.67. The summed E-state index contributed by atoms with van der Waals surface area (Å²) in [6.45, 7) is 1.19. The Morgan fingerprint density at radius 3 is 2.61 bits per heavy atom. The summed E-state index contributed by atoms with van der Waals surface area (Å²) in [5.74, 6) is -4.41. The molecule has 0 bridgehead atoms. The van der Waals surface area contributed by atoms with Gasteiger partial charge >= 0.3 is 13.7 Å². The quantitative estimate of drug-likeness (QED) is 0.656. The fraction of sp³-hybridized carbons (Fsp3) is 0.300. The van der Waals surface area contributed by atoms with Crippen molar-refractivity contribution in [1.29, 1.82) is 0 Å². The average molecular weight is 258 g/mol. The fourth-order valence-corrected chi connectivity index (χ4v) is 1.33. The number of nitrogens with two attached hydrogens (primary N) is 1. The van der Waals surface area contributed by atoms with E-state index in [9.17, 15) is 13.6 Å². The first-order valence-corrected chi connectivity index (χ1v) is 4.91. The van der Waals surface area contributed by atoms with Gasteiger partial charge in [-0.3, -0.25) is 4.79 Å². The maximum Gasteiger partial charge on any atom is 0.569 e. The summed E-state index contributed by atoms with van der Waals surface area (Å²) < 4.78 is 31.3. The Bertz CT molecular complexity index is 467. The summed E-state index contributed by atoms with van der Waals surface area (Å²) in [6.07, 6.45) is -0.381. The van der Waals surface area contributed by atoms with Crippen molar-refractivity contribution in [1.82, 2.24) is 0 Å². The second kappa shape index (κ2) is 5.32. The lowest BCUT2D eigenvalue weighted by Gasteiger charge is -2.19. The highest BCUT2D eigenvalue weighted by atomic mass is 19.2. The number of halogens is 2. The third kappa shape index (κ3) is 2.96. The van der Waals surface area contributed by atoms with Crippen LogP contribution in [0.3, 0.4) is 0 Å². The molecule has 4 N–H and O–H groups in total. The van der Waals surface area contributed by atoms with Crippen LogP contribution in [0.25, 0.3) is 0 Å². The summed E-state index contributed by atoms with van der Waals surface area (Å²) in [5, 5.41) is 17.1. The minimum Gasteiger partial charge on any atom is -0.535 e. The zero-order chi connectivity index (χ0) is 13.9. The molecule has 0 unspecified atom stereocenters. The van der Waals surface area contributed by atoms with Crippen molar-refractivity contribution in [3.8, 4) is 5.75 Å². The lowest BCUT2D eigenvalue weighted by atomic mass is 9.93. The monoisotopic (exact) mass is 258 g/mol. The van der Waals surface area contributed by atoms with Crippen LogP contribution in [-0.4, -0.2) is 29.3 Å². The topological polar surface area (TPSA) is 92.8 Å². The van der Waals surface area contributed by atoms with E-state index in [2.05, 4.69) is 4.65 Å². The zero-order valence-corrected chi connectivity index (χ0v) is 9.48. The molecule has 0 aliphatic rings. The maximum atomic E-state index is 13.6. The normalized spacial score (nSPS) is 13.8. The van der Waals surface area contributed by atoms with Crippen LogP contribution in [0.1, 0.15) is 12.5 Å². The predicted molar refractivity (Wildman–Crippen MR) is 58.9 cm³/mol. The Balaban J connectivity index is 3.06. The molecule has 0 saturated heterocycles. The fourth-order valence-electron chi connectivity index (χ4n) is 1.33. The molecular formula is C10H11BF2NO4. The highest BCUT2D eigenvalue weighted by Gasteiger charge is 2.30. The van der Waals surface area contributed by atoms with Crippen molar-refractivity contribution < 1.29 is 28.4 Å². The van der Waals surface area contributed by atoms with E-state index < -0.39 is 28.9 Å². The molecule has 1 aromatic rings. The van der Waals surface area contributed by atoms with Crippen molar-refractivity contribution in [2.24, 2.45) is 5.73 Å². The molecule has 5 nitrogen and oxygen atoms in total. The van der Waals surface area contributed by atoms with Crippen LogP contribution in [0.15, 0.2) is 12.1 Å². The van der Waals surface area contributed by atoms with E-state index in [1.165, 1.54) is 6.92 Å². The number of benzene rings is 1. The molecule has 0 heterocycles. The second-order valence-corrected chi connectivity index (χ2v) is 3.97. The molecule has 1 rings (SSSR count). The molecule has 0 spiro atoms.